The molecule has 0 heterocycles. The van der Waals surface area contributed by atoms with Gasteiger partial charge in [0.15, 0.2) is 5.11 Å². The maximum absolute atomic E-state index is 5.66. The van der Waals surface area contributed by atoms with Crippen molar-refractivity contribution in [3.8, 4) is 0 Å². The van der Waals surface area contributed by atoms with E-state index < -0.39 is 0 Å². The van der Waals surface area contributed by atoms with Crippen molar-refractivity contribution in [1.29, 1.82) is 0 Å². The van der Waals surface area contributed by atoms with E-state index in [1.807, 2.05) is 0 Å². The summed E-state index contributed by atoms with van der Waals surface area (Å²) in [6, 6.07) is 5.30. The van der Waals surface area contributed by atoms with Crippen LogP contribution < -0.4 is 10.6 Å². The highest BCUT2D eigenvalue weighted by Gasteiger charge is 2.16. The van der Waals surface area contributed by atoms with E-state index in [2.05, 4.69) is 50.5 Å². The van der Waals surface area contributed by atoms with Gasteiger partial charge in [-0.1, -0.05) is 65.5 Å². The van der Waals surface area contributed by atoms with Crippen molar-refractivity contribution in [3.05, 3.63) is 28.8 Å². The lowest BCUT2D eigenvalue weighted by Gasteiger charge is -2.23. The normalized spacial score (nSPS) is 17.0. The molecule has 1 aromatic carbocycles. The third kappa shape index (κ3) is 5.70. The van der Waals surface area contributed by atoms with Crippen LogP contribution in [0.25, 0.3) is 0 Å². The first-order valence-electron chi connectivity index (χ1n) is 10.3. The second-order valence-electron chi connectivity index (χ2n) is 7.52. The molecule has 1 atom stereocenters. The zero-order valence-electron chi connectivity index (χ0n) is 16.6. The standard InChI is InChI=1S/C22H36N2S/c1-5-16(4)19-14-17(6-2)21(18(7-3)15-19)24-22(25)23-20-12-10-8-9-11-13-20/h14-16,20H,5-13H2,1-4H3,(H2,23,24,25). The van der Waals surface area contributed by atoms with Gasteiger partial charge in [-0.2, -0.15) is 0 Å². The fraction of sp³-hybridized carbons (Fsp3) is 0.682. The largest absolute Gasteiger partial charge is 0.360 e. The highest BCUT2D eigenvalue weighted by Crippen LogP contribution is 2.30. The van der Waals surface area contributed by atoms with E-state index in [-0.39, 0.29) is 0 Å². The van der Waals surface area contributed by atoms with Gasteiger partial charge in [-0.15, -0.1) is 0 Å². The molecule has 1 aliphatic carbocycles. The van der Waals surface area contributed by atoms with E-state index in [0.29, 0.717) is 12.0 Å². The van der Waals surface area contributed by atoms with Gasteiger partial charge in [0, 0.05) is 11.7 Å². The van der Waals surface area contributed by atoms with Gasteiger partial charge in [0.05, 0.1) is 0 Å². The zero-order valence-corrected chi connectivity index (χ0v) is 17.4. The minimum absolute atomic E-state index is 0.539. The van der Waals surface area contributed by atoms with Crippen LogP contribution in [0.15, 0.2) is 12.1 Å². The monoisotopic (exact) mass is 360 g/mol. The van der Waals surface area contributed by atoms with Gasteiger partial charge in [0.25, 0.3) is 0 Å². The summed E-state index contributed by atoms with van der Waals surface area (Å²) >= 11 is 5.66. The molecule has 0 aliphatic heterocycles. The molecule has 1 aliphatic rings. The Hall–Kier alpha value is -1.09. The Balaban J connectivity index is 2.15. The number of nitrogens with one attached hydrogen (secondary N) is 2. The molecule has 0 spiro atoms. The predicted octanol–water partition coefficient (Wildman–Crippen LogP) is 6.33. The second kappa shape index (κ2) is 10.2. The maximum atomic E-state index is 5.66. The fourth-order valence-electron chi connectivity index (χ4n) is 3.79. The highest BCUT2D eigenvalue weighted by molar-refractivity contribution is 7.80. The summed E-state index contributed by atoms with van der Waals surface area (Å²) < 4.78 is 0. The molecule has 0 aromatic heterocycles. The fourth-order valence-corrected chi connectivity index (χ4v) is 4.06. The summed E-state index contributed by atoms with van der Waals surface area (Å²) in [4.78, 5) is 0. The molecule has 0 radical (unpaired) electrons. The number of thiocarbonyl (C=S) groups is 1. The lowest BCUT2D eigenvalue weighted by Crippen LogP contribution is -2.37. The Morgan fingerprint density at radius 2 is 1.60 bits per heavy atom. The van der Waals surface area contributed by atoms with Crippen LogP contribution in [0.4, 0.5) is 5.69 Å². The Bertz CT molecular complexity index is 534. The lowest BCUT2D eigenvalue weighted by atomic mass is 9.91. The Morgan fingerprint density at radius 3 is 2.08 bits per heavy atom. The molecule has 140 valence electrons. The first kappa shape index (κ1) is 20.2. The van der Waals surface area contributed by atoms with Gasteiger partial charge in [-0.25, -0.2) is 0 Å². The van der Waals surface area contributed by atoms with E-state index >= 15 is 0 Å². The predicted molar refractivity (Wildman–Crippen MR) is 115 cm³/mol. The van der Waals surface area contributed by atoms with Crippen molar-refractivity contribution < 1.29 is 0 Å². The van der Waals surface area contributed by atoms with E-state index in [4.69, 9.17) is 12.2 Å². The molecule has 2 rings (SSSR count). The van der Waals surface area contributed by atoms with Crippen LogP contribution >= 0.6 is 12.2 Å². The van der Waals surface area contributed by atoms with Crippen LogP contribution in [0.1, 0.15) is 95.2 Å². The number of benzene rings is 1. The Morgan fingerprint density at radius 1 is 1.04 bits per heavy atom. The number of hydrogen-bond acceptors (Lipinski definition) is 1. The van der Waals surface area contributed by atoms with Gasteiger partial charge in [-0.3, -0.25) is 0 Å². The van der Waals surface area contributed by atoms with E-state index in [1.165, 1.54) is 67.3 Å². The summed E-state index contributed by atoms with van der Waals surface area (Å²) in [6.45, 7) is 9.06. The Labute approximate surface area is 160 Å². The average Bonchev–Trinajstić information content (AvgIpc) is 2.89. The van der Waals surface area contributed by atoms with Gasteiger partial charge in [0.2, 0.25) is 0 Å². The van der Waals surface area contributed by atoms with Crippen LogP contribution in [0, 0.1) is 0 Å². The van der Waals surface area contributed by atoms with Crippen molar-refractivity contribution in [2.24, 2.45) is 0 Å². The minimum atomic E-state index is 0.539. The number of aryl methyl sites for hydroxylation is 2. The first-order valence-corrected chi connectivity index (χ1v) is 10.7. The number of rotatable bonds is 6. The SMILES string of the molecule is CCc1cc(C(C)CC)cc(CC)c1NC(=S)NC1CCCCCC1. The van der Waals surface area contributed by atoms with E-state index in [0.717, 1.165) is 18.0 Å². The van der Waals surface area contributed by atoms with Crippen LogP contribution in [-0.2, 0) is 12.8 Å². The number of anilines is 1. The summed E-state index contributed by atoms with van der Waals surface area (Å²) in [6.07, 6.45) is 11.1. The van der Waals surface area contributed by atoms with Crippen molar-refractivity contribution in [2.45, 2.75) is 97.4 Å². The molecule has 1 unspecified atom stereocenters. The molecule has 1 fully saturated rings. The van der Waals surface area contributed by atoms with E-state index in [1.54, 1.807) is 0 Å². The van der Waals surface area contributed by atoms with Gasteiger partial charge < -0.3 is 10.6 Å². The quantitative estimate of drug-likeness (QED) is 0.457. The van der Waals surface area contributed by atoms with Crippen molar-refractivity contribution in [1.82, 2.24) is 5.32 Å². The molecule has 3 heteroatoms. The zero-order chi connectivity index (χ0) is 18.2. The molecule has 0 amide bonds. The summed E-state index contributed by atoms with van der Waals surface area (Å²) in [7, 11) is 0. The van der Waals surface area contributed by atoms with Crippen LogP contribution in [0.2, 0.25) is 0 Å². The molecule has 2 N–H and O–H groups in total. The third-order valence-corrected chi connectivity index (χ3v) is 5.92. The van der Waals surface area contributed by atoms with Gasteiger partial charge >= 0.3 is 0 Å². The van der Waals surface area contributed by atoms with Crippen molar-refractivity contribution >= 4 is 23.0 Å². The maximum Gasteiger partial charge on any atom is 0.171 e. The summed E-state index contributed by atoms with van der Waals surface area (Å²) in [5.74, 6) is 0.612. The minimum Gasteiger partial charge on any atom is -0.360 e. The molecule has 0 bridgehead atoms. The average molecular weight is 361 g/mol. The van der Waals surface area contributed by atoms with Gasteiger partial charge in [0.1, 0.15) is 0 Å². The smallest absolute Gasteiger partial charge is 0.171 e. The van der Waals surface area contributed by atoms with Crippen molar-refractivity contribution in [3.63, 3.8) is 0 Å². The second-order valence-corrected chi connectivity index (χ2v) is 7.93. The molecular formula is C22H36N2S. The molecule has 1 saturated carbocycles. The molecule has 0 saturated heterocycles. The lowest BCUT2D eigenvalue weighted by molar-refractivity contribution is 0.535. The number of hydrogen-bond donors (Lipinski definition) is 2. The van der Waals surface area contributed by atoms with Crippen LogP contribution in [0.5, 0.6) is 0 Å². The van der Waals surface area contributed by atoms with Crippen molar-refractivity contribution in [2.75, 3.05) is 5.32 Å². The highest BCUT2D eigenvalue weighted by atomic mass is 32.1. The third-order valence-electron chi connectivity index (χ3n) is 5.70. The summed E-state index contributed by atoms with van der Waals surface area (Å²) in [5, 5.41) is 7.93. The molecule has 1 aromatic rings. The molecule has 2 nitrogen and oxygen atoms in total. The van der Waals surface area contributed by atoms with Gasteiger partial charge in [-0.05, 0) is 66.9 Å². The van der Waals surface area contributed by atoms with E-state index in [9.17, 15) is 0 Å². The van der Waals surface area contributed by atoms with Crippen LogP contribution in [-0.4, -0.2) is 11.2 Å². The topological polar surface area (TPSA) is 24.1 Å². The molecular weight excluding hydrogens is 324 g/mol. The summed E-state index contributed by atoms with van der Waals surface area (Å²) in [5.41, 5.74) is 5.48. The van der Waals surface area contributed by atoms with Crippen LogP contribution in [0.3, 0.4) is 0 Å². The first-order chi connectivity index (χ1) is 12.1. The molecule has 25 heavy (non-hydrogen) atoms. The Kier molecular flexibility index (Phi) is 8.21.